The number of halogens is 4. The van der Waals surface area contributed by atoms with Crippen LogP contribution >= 0.6 is 11.6 Å². The van der Waals surface area contributed by atoms with E-state index in [1.165, 1.54) is 18.7 Å². The predicted octanol–water partition coefficient (Wildman–Crippen LogP) is 5.61. The van der Waals surface area contributed by atoms with E-state index in [1.807, 2.05) is 26.0 Å². The quantitative estimate of drug-likeness (QED) is 0.351. The molecule has 0 bridgehead atoms. The SMILES string of the molecule is COc1cnc(-c2c(Cl)cnn2C(C)C)nc1NCc1ccc(-c2nc(C(F)(F)F)cn2C)cc1. The van der Waals surface area contributed by atoms with Gasteiger partial charge in [-0.25, -0.2) is 15.0 Å². The zero-order valence-corrected chi connectivity index (χ0v) is 20.2. The zero-order valence-electron chi connectivity index (χ0n) is 19.4. The van der Waals surface area contributed by atoms with Crippen LogP contribution < -0.4 is 10.1 Å². The molecular weight excluding hydrogens is 483 g/mol. The van der Waals surface area contributed by atoms with E-state index >= 15 is 0 Å². The van der Waals surface area contributed by atoms with Crippen LogP contribution in [0.4, 0.5) is 19.0 Å². The third-order valence-corrected chi connectivity index (χ3v) is 5.54. The number of aryl methyl sites for hydroxylation is 1. The molecule has 35 heavy (non-hydrogen) atoms. The summed E-state index contributed by atoms with van der Waals surface area (Å²) in [4.78, 5) is 12.7. The molecule has 0 amide bonds. The molecule has 4 aromatic rings. The summed E-state index contributed by atoms with van der Waals surface area (Å²) in [7, 11) is 3.05. The van der Waals surface area contributed by atoms with Crippen LogP contribution in [0, 0.1) is 0 Å². The summed E-state index contributed by atoms with van der Waals surface area (Å²) in [5, 5.41) is 7.96. The van der Waals surface area contributed by atoms with Gasteiger partial charge in [0, 0.05) is 31.4 Å². The summed E-state index contributed by atoms with van der Waals surface area (Å²) in [6.07, 6.45) is -0.410. The van der Waals surface area contributed by atoms with E-state index in [0.717, 1.165) is 11.8 Å². The number of hydrogen-bond donors (Lipinski definition) is 1. The van der Waals surface area contributed by atoms with Gasteiger partial charge in [0.15, 0.2) is 23.1 Å². The molecule has 8 nitrogen and oxygen atoms in total. The van der Waals surface area contributed by atoms with Crippen LogP contribution in [0.25, 0.3) is 22.9 Å². The summed E-state index contributed by atoms with van der Waals surface area (Å²) in [6.45, 7) is 4.35. The Morgan fingerprint density at radius 3 is 2.43 bits per heavy atom. The molecule has 1 aromatic carbocycles. The fraction of sp³-hybridized carbons (Fsp3) is 0.304. The van der Waals surface area contributed by atoms with Crippen molar-refractivity contribution in [3.63, 3.8) is 0 Å². The standard InChI is InChI=1S/C23H23ClF3N7O/c1-13(2)34-19(16(24)10-30-34)21-29-11-17(35-4)20(32-21)28-9-14-5-7-15(8-6-14)22-31-18(12-33(22)3)23(25,26)27/h5-8,10-13H,9H2,1-4H3,(H,28,29,32). The van der Waals surface area contributed by atoms with Crippen molar-refractivity contribution in [3.8, 4) is 28.7 Å². The predicted molar refractivity (Wildman–Crippen MR) is 126 cm³/mol. The van der Waals surface area contributed by atoms with Gasteiger partial charge < -0.3 is 14.6 Å². The number of nitrogens with one attached hydrogen (secondary N) is 1. The molecule has 0 unspecified atom stereocenters. The molecule has 12 heteroatoms. The summed E-state index contributed by atoms with van der Waals surface area (Å²) in [5.41, 5.74) is 1.13. The summed E-state index contributed by atoms with van der Waals surface area (Å²) < 4.78 is 47.4. The lowest BCUT2D eigenvalue weighted by atomic mass is 10.1. The molecule has 3 heterocycles. The van der Waals surface area contributed by atoms with Crippen molar-refractivity contribution < 1.29 is 17.9 Å². The van der Waals surface area contributed by atoms with Gasteiger partial charge in [0.2, 0.25) is 0 Å². The Balaban J connectivity index is 1.55. The average Bonchev–Trinajstić information content (AvgIpc) is 3.40. The van der Waals surface area contributed by atoms with Gasteiger partial charge in [-0.1, -0.05) is 35.9 Å². The monoisotopic (exact) mass is 505 g/mol. The van der Waals surface area contributed by atoms with Gasteiger partial charge in [0.1, 0.15) is 11.5 Å². The van der Waals surface area contributed by atoms with Crippen LogP contribution in [0.5, 0.6) is 5.75 Å². The Labute approximate surface area is 204 Å². The molecule has 184 valence electrons. The molecule has 0 aliphatic carbocycles. The Kier molecular flexibility index (Phi) is 6.70. The van der Waals surface area contributed by atoms with E-state index < -0.39 is 11.9 Å². The van der Waals surface area contributed by atoms with Crippen LogP contribution in [-0.4, -0.2) is 36.4 Å². The summed E-state index contributed by atoms with van der Waals surface area (Å²) in [6, 6.07) is 7.13. The van der Waals surface area contributed by atoms with Crippen molar-refractivity contribution in [1.29, 1.82) is 0 Å². The number of methoxy groups -OCH3 is 1. The lowest BCUT2D eigenvalue weighted by Crippen LogP contribution is -2.09. The Hall–Kier alpha value is -3.60. The number of aromatic nitrogens is 6. The number of benzene rings is 1. The van der Waals surface area contributed by atoms with E-state index in [1.54, 1.807) is 29.2 Å². The van der Waals surface area contributed by atoms with Crippen molar-refractivity contribution >= 4 is 17.4 Å². The molecule has 0 fully saturated rings. The lowest BCUT2D eigenvalue weighted by molar-refractivity contribution is -0.140. The molecule has 1 N–H and O–H groups in total. The molecule has 0 radical (unpaired) electrons. The van der Waals surface area contributed by atoms with Crippen molar-refractivity contribution in [2.75, 3.05) is 12.4 Å². The molecule has 0 aliphatic heterocycles. The maximum absolute atomic E-state index is 13.0. The number of imidazole rings is 1. The first-order valence-electron chi connectivity index (χ1n) is 10.7. The van der Waals surface area contributed by atoms with Gasteiger partial charge in [-0.15, -0.1) is 0 Å². The van der Waals surface area contributed by atoms with E-state index in [9.17, 15) is 13.2 Å². The number of anilines is 1. The smallest absolute Gasteiger partial charge is 0.434 e. The molecular formula is C23H23ClF3N7O. The van der Waals surface area contributed by atoms with Gasteiger partial charge in [-0.05, 0) is 19.4 Å². The summed E-state index contributed by atoms with van der Waals surface area (Å²) in [5.74, 6) is 1.55. The highest BCUT2D eigenvalue weighted by Gasteiger charge is 2.34. The summed E-state index contributed by atoms with van der Waals surface area (Å²) >= 11 is 6.34. The Morgan fingerprint density at radius 1 is 1.11 bits per heavy atom. The van der Waals surface area contributed by atoms with Crippen LogP contribution in [0.15, 0.2) is 42.9 Å². The molecule has 0 spiro atoms. The van der Waals surface area contributed by atoms with Gasteiger partial charge in [0.05, 0.1) is 24.5 Å². The van der Waals surface area contributed by atoms with Crippen molar-refractivity contribution in [2.45, 2.75) is 32.6 Å². The van der Waals surface area contributed by atoms with E-state index in [2.05, 4.69) is 25.4 Å². The third kappa shape index (κ3) is 5.09. The van der Waals surface area contributed by atoms with E-state index in [4.69, 9.17) is 16.3 Å². The lowest BCUT2D eigenvalue weighted by Gasteiger charge is -2.14. The van der Waals surface area contributed by atoms with E-state index in [-0.39, 0.29) is 11.9 Å². The van der Waals surface area contributed by atoms with Gasteiger partial charge in [-0.3, -0.25) is 4.68 Å². The second-order valence-corrected chi connectivity index (χ2v) is 8.51. The van der Waals surface area contributed by atoms with Crippen molar-refractivity contribution in [3.05, 3.63) is 59.1 Å². The Morgan fingerprint density at radius 2 is 1.83 bits per heavy atom. The van der Waals surface area contributed by atoms with Crippen LogP contribution in [0.1, 0.15) is 31.1 Å². The zero-order chi connectivity index (χ0) is 25.3. The highest BCUT2D eigenvalue weighted by Crippen LogP contribution is 2.32. The molecule has 0 aliphatic rings. The van der Waals surface area contributed by atoms with Gasteiger partial charge in [0.25, 0.3) is 0 Å². The fourth-order valence-electron chi connectivity index (χ4n) is 3.53. The van der Waals surface area contributed by atoms with Crippen molar-refractivity contribution in [2.24, 2.45) is 7.05 Å². The molecule has 0 saturated carbocycles. The molecule has 4 rings (SSSR count). The fourth-order valence-corrected chi connectivity index (χ4v) is 3.75. The maximum Gasteiger partial charge on any atom is 0.434 e. The molecule has 0 atom stereocenters. The topological polar surface area (TPSA) is 82.7 Å². The number of nitrogens with zero attached hydrogens (tertiary/aromatic N) is 6. The minimum absolute atomic E-state index is 0.0593. The van der Waals surface area contributed by atoms with E-state index in [0.29, 0.717) is 40.2 Å². The highest BCUT2D eigenvalue weighted by atomic mass is 35.5. The Bertz CT molecular complexity index is 1330. The highest BCUT2D eigenvalue weighted by molar-refractivity contribution is 6.32. The van der Waals surface area contributed by atoms with Crippen LogP contribution in [-0.2, 0) is 19.8 Å². The number of hydrogen-bond acceptors (Lipinski definition) is 6. The second kappa shape index (κ2) is 9.57. The minimum atomic E-state index is -4.49. The first-order valence-corrected chi connectivity index (χ1v) is 11.0. The third-order valence-electron chi connectivity index (χ3n) is 5.27. The first-order chi connectivity index (χ1) is 16.6. The van der Waals surface area contributed by atoms with Gasteiger partial charge in [-0.2, -0.15) is 18.3 Å². The average molecular weight is 506 g/mol. The largest absolute Gasteiger partial charge is 0.491 e. The number of rotatable bonds is 7. The minimum Gasteiger partial charge on any atom is -0.491 e. The molecule has 0 saturated heterocycles. The first kappa shape index (κ1) is 24.5. The normalized spacial score (nSPS) is 11.8. The molecule has 3 aromatic heterocycles. The number of alkyl halides is 3. The maximum atomic E-state index is 13.0. The van der Waals surface area contributed by atoms with Crippen molar-refractivity contribution in [1.82, 2.24) is 29.3 Å². The second-order valence-electron chi connectivity index (χ2n) is 8.10. The number of ether oxygens (including phenoxy) is 1. The van der Waals surface area contributed by atoms with Gasteiger partial charge >= 0.3 is 6.18 Å². The van der Waals surface area contributed by atoms with Crippen LogP contribution in [0.3, 0.4) is 0 Å². The van der Waals surface area contributed by atoms with Crippen LogP contribution in [0.2, 0.25) is 5.02 Å².